The van der Waals surface area contributed by atoms with E-state index in [9.17, 15) is 0 Å². The third kappa shape index (κ3) is 4.49. The van der Waals surface area contributed by atoms with Crippen molar-refractivity contribution in [2.75, 3.05) is 6.07 Å². The maximum absolute atomic E-state index is 6.10. The number of halogens is 1. The second-order valence-electron chi connectivity index (χ2n) is 6.06. The summed E-state index contributed by atoms with van der Waals surface area (Å²) in [6, 6.07) is 19.0. The smallest absolute Gasteiger partial charge is 0.123 e. The number of rotatable bonds is 6. The lowest BCUT2D eigenvalue weighted by atomic mass is 9.82. The Kier molecular flexibility index (Phi) is 5.95. The standard InChI is InChI=1S/C20H23ClO2/c21-15-23-18-12-10-17(11-13-18)19-8-4-5-9-20(19)22-14-16-6-2-1-3-7-16/h1-9,17-18H,10-15H2. The fourth-order valence-corrected chi connectivity index (χ4v) is 3.49. The molecule has 2 aromatic carbocycles. The highest BCUT2D eigenvalue weighted by Gasteiger charge is 2.24. The Labute approximate surface area is 143 Å². The molecule has 3 rings (SSSR count). The SMILES string of the molecule is ClCOC1CCC(c2ccccc2OCc2ccccc2)CC1. The van der Waals surface area contributed by atoms with Gasteiger partial charge in [0.15, 0.2) is 0 Å². The monoisotopic (exact) mass is 330 g/mol. The molecule has 0 amide bonds. The zero-order valence-corrected chi connectivity index (χ0v) is 14.0. The number of ether oxygens (including phenoxy) is 2. The lowest BCUT2D eigenvalue weighted by Gasteiger charge is -2.29. The number of hydrogen-bond acceptors (Lipinski definition) is 2. The first-order valence-electron chi connectivity index (χ1n) is 8.30. The molecule has 0 heterocycles. The first-order chi connectivity index (χ1) is 11.4. The van der Waals surface area contributed by atoms with Crippen molar-refractivity contribution >= 4 is 11.6 Å². The summed E-state index contributed by atoms with van der Waals surface area (Å²) in [6.45, 7) is 0.614. The van der Waals surface area contributed by atoms with Gasteiger partial charge >= 0.3 is 0 Å². The topological polar surface area (TPSA) is 18.5 Å². The Morgan fingerprint density at radius 1 is 0.870 bits per heavy atom. The van der Waals surface area contributed by atoms with Crippen molar-refractivity contribution in [3.63, 3.8) is 0 Å². The van der Waals surface area contributed by atoms with E-state index >= 15 is 0 Å². The molecule has 0 unspecified atom stereocenters. The van der Waals surface area contributed by atoms with Gasteiger partial charge in [0.2, 0.25) is 0 Å². The Hall–Kier alpha value is -1.51. The molecule has 1 aliphatic rings. The van der Waals surface area contributed by atoms with Crippen LogP contribution >= 0.6 is 11.6 Å². The van der Waals surface area contributed by atoms with Crippen LogP contribution in [-0.2, 0) is 11.3 Å². The van der Waals surface area contributed by atoms with Crippen LogP contribution in [0.15, 0.2) is 54.6 Å². The summed E-state index contributed by atoms with van der Waals surface area (Å²) < 4.78 is 11.6. The highest BCUT2D eigenvalue weighted by molar-refractivity contribution is 6.17. The van der Waals surface area contributed by atoms with Crippen LogP contribution in [0.1, 0.15) is 42.7 Å². The van der Waals surface area contributed by atoms with Crippen LogP contribution in [0.25, 0.3) is 0 Å². The molecule has 0 N–H and O–H groups in total. The molecule has 0 saturated heterocycles. The molecule has 1 saturated carbocycles. The zero-order chi connectivity index (χ0) is 15.9. The van der Waals surface area contributed by atoms with Crippen LogP contribution in [0.2, 0.25) is 0 Å². The third-order valence-electron chi connectivity index (χ3n) is 4.57. The van der Waals surface area contributed by atoms with E-state index in [1.807, 2.05) is 24.3 Å². The summed E-state index contributed by atoms with van der Waals surface area (Å²) in [5.41, 5.74) is 2.52. The molecular weight excluding hydrogens is 308 g/mol. The van der Waals surface area contributed by atoms with Gasteiger partial charge in [-0.3, -0.25) is 0 Å². The predicted octanol–water partition coefficient (Wildman–Crippen LogP) is 5.50. The Morgan fingerprint density at radius 2 is 1.57 bits per heavy atom. The van der Waals surface area contributed by atoms with E-state index in [0.717, 1.165) is 31.4 Å². The van der Waals surface area contributed by atoms with Crippen LogP contribution < -0.4 is 4.74 Å². The summed E-state index contributed by atoms with van der Waals surface area (Å²) in [7, 11) is 0. The quantitative estimate of drug-likeness (QED) is 0.651. The molecule has 0 aliphatic heterocycles. The highest BCUT2D eigenvalue weighted by atomic mass is 35.5. The van der Waals surface area contributed by atoms with Crippen LogP contribution in [0, 0.1) is 0 Å². The van der Waals surface area contributed by atoms with E-state index in [1.165, 1.54) is 11.1 Å². The Morgan fingerprint density at radius 3 is 2.30 bits per heavy atom. The number of para-hydroxylation sites is 1. The fraction of sp³-hybridized carbons (Fsp3) is 0.400. The van der Waals surface area contributed by atoms with Crippen molar-refractivity contribution in [2.45, 2.75) is 44.3 Å². The minimum Gasteiger partial charge on any atom is -0.489 e. The molecule has 0 aromatic heterocycles. The molecule has 0 radical (unpaired) electrons. The van der Waals surface area contributed by atoms with Crippen molar-refractivity contribution < 1.29 is 9.47 Å². The van der Waals surface area contributed by atoms with Gasteiger partial charge < -0.3 is 9.47 Å². The molecule has 122 valence electrons. The molecule has 1 fully saturated rings. The molecule has 0 spiro atoms. The molecule has 1 aliphatic carbocycles. The van der Waals surface area contributed by atoms with E-state index in [-0.39, 0.29) is 0 Å². The first kappa shape index (κ1) is 16.4. The third-order valence-corrected chi connectivity index (χ3v) is 4.69. The van der Waals surface area contributed by atoms with Crippen LogP contribution in [0.3, 0.4) is 0 Å². The minimum atomic E-state index is 0.298. The highest BCUT2D eigenvalue weighted by Crippen LogP contribution is 2.38. The summed E-state index contributed by atoms with van der Waals surface area (Å²) in [5.74, 6) is 1.57. The van der Waals surface area contributed by atoms with Gasteiger partial charge in [-0.25, -0.2) is 0 Å². The van der Waals surface area contributed by atoms with Crippen molar-refractivity contribution in [3.8, 4) is 5.75 Å². The van der Waals surface area contributed by atoms with Gasteiger partial charge in [0, 0.05) is 0 Å². The summed E-state index contributed by atoms with van der Waals surface area (Å²) in [5, 5.41) is 0. The minimum absolute atomic E-state index is 0.298. The largest absolute Gasteiger partial charge is 0.489 e. The molecule has 2 aromatic rings. The van der Waals surface area contributed by atoms with Crippen LogP contribution in [-0.4, -0.2) is 12.2 Å². The number of benzene rings is 2. The predicted molar refractivity (Wildman–Crippen MR) is 94.0 cm³/mol. The van der Waals surface area contributed by atoms with E-state index in [2.05, 4.69) is 30.3 Å². The van der Waals surface area contributed by atoms with E-state index < -0.39 is 0 Å². The van der Waals surface area contributed by atoms with E-state index in [0.29, 0.717) is 24.7 Å². The van der Waals surface area contributed by atoms with E-state index in [4.69, 9.17) is 21.1 Å². The van der Waals surface area contributed by atoms with Gasteiger partial charge in [-0.2, -0.15) is 0 Å². The summed E-state index contributed by atoms with van der Waals surface area (Å²) >= 11 is 5.67. The molecule has 0 atom stereocenters. The number of alkyl halides is 1. The molecule has 3 heteroatoms. The number of hydrogen-bond donors (Lipinski definition) is 0. The molecule has 2 nitrogen and oxygen atoms in total. The lowest BCUT2D eigenvalue weighted by Crippen LogP contribution is -2.20. The van der Waals surface area contributed by atoms with Crippen molar-refractivity contribution in [1.82, 2.24) is 0 Å². The van der Waals surface area contributed by atoms with Gasteiger partial charge in [-0.05, 0) is 48.8 Å². The van der Waals surface area contributed by atoms with E-state index in [1.54, 1.807) is 0 Å². The van der Waals surface area contributed by atoms with Gasteiger partial charge in [0.25, 0.3) is 0 Å². The first-order valence-corrected chi connectivity index (χ1v) is 8.83. The molecule has 0 bridgehead atoms. The van der Waals surface area contributed by atoms with Crippen molar-refractivity contribution in [3.05, 3.63) is 65.7 Å². The normalized spacial score (nSPS) is 21.1. The van der Waals surface area contributed by atoms with Crippen molar-refractivity contribution in [1.29, 1.82) is 0 Å². The second kappa shape index (κ2) is 8.37. The van der Waals surface area contributed by atoms with Crippen molar-refractivity contribution in [2.24, 2.45) is 0 Å². The average molecular weight is 331 g/mol. The Bertz CT molecular complexity index is 592. The van der Waals surface area contributed by atoms with Gasteiger partial charge in [-0.15, -0.1) is 0 Å². The van der Waals surface area contributed by atoms with Gasteiger partial charge in [0.1, 0.15) is 18.4 Å². The molecule has 23 heavy (non-hydrogen) atoms. The summed E-state index contributed by atoms with van der Waals surface area (Å²) in [4.78, 5) is 0. The van der Waals surface area contributed by atoms with Gasteiger partial charge in [-0.1, -0.05) is 60.1 Å². The maximum atomic E-state index is 6.10. The lowest BCUT2D eigenvalue weighted by molar-refractivity contribution is 0.0528. The zero-order valence-electron chi connectivity index (χ0n) is 13.3. The second-order valence-corrected chi connectivity index (χ2v) is 6.28. The average Bonchev–Trinajstić information content (AvgIpc) is 2.62. The fourth-order valence-electron chi connectivity index (χ4n) is 3.31. The van der Waals surface area contributed by atoms with Crippen LogP contribution in [0.5, 0.6) is 5.75 Å². The summed E-state index contributed by atoms with van der Waals surface area (Å²) in [6.07, 6.45) is 4.73. The van der Waals surface area contributed by atoms with Crippen LogP contribution in [0.4, 0.5) is 0 Å². The molecular formula is C20H23ClO2. The maximum Gasteiger partial charge on any atom is 0.123 e. The van der Waals surface area contributed by atoms with Gasteiger partial charge in [0.05, 0.1) is 6.10 Å². The Balaban J connectivity index is 1.64.